The topological polar surface area (TPSA) is 17.8 Å². The Morgan fingerprint density at radius 1 is 0.675 bits per heavy atom. The van der Waals surface area contributed by atoms with Crippen LogP contribution in [0.25, 0.3) is 28.2 Å². The molecule has 0 bridgehead atoms. The van der Waals surface area contributed by atoms with Crippen LogP contribution in [0.15, 0.2) is 109 Å². The predicted octanol–water partition coefficient (Wildman–Crippen LogP) is 9.97. The first kappa shape index (κ1) is 27.5. The highest BCUT2D eigenvalue weighted by molar-refractivity contribution is 6.30. The van der Waals surface area contributed by atoms with Crippen LogP contribution in [0.4, 0.5) is 0 Å². The van der Waals surface area contributed by atoms with Crippen LogP contribution < -0.4 is 0 Å². The van der Waals surface area contributed by atoms with Gasteiger partial charge in [0, 0.05) is 27.3 Å². The number of aromatic nitrogens is 2. The number of hydrogen-bond acceptors (Lipinski definition) is 1. The molecule has 0 radical (unpaired) electrons. The fourth-order valence-corrected chi connectivity index (χ4v) is 5.54. The Hall–Kier alpha value is -4.06. The minimum atomic E-state index is 0.0970. The highest BCUT2D eigenvalue weighted by atomic mass is 35.5. The quantitative estimate of drug-likeness (QED) is 0.202. The highest BCUT2D eigenvalue weighted by Crippen LogP contribution is 2.37. The average Bonchev–Trinajstić information content (AvgIpc) is 3.38. The van der Waals surface area contributed by atoms with Crippen molar-refractivity contribution in [1.82, 2.24) is 9.78 Å². The lowest BCUT2D eigenvalue weighted by Crippen LogP contribution is -2.24. The SMILES string of the molecule is CC(C)(C)CC(C)(C)c1ccc(-c2cc(-c3ccc(C#Cc4ccc(Cl)cc4)cc3)nn2-c2ccccc2)cc1. The molecule has 0 amide bonds. The summed E-state index contributed by atoms with van der Waals surface area (Å²) in [6.07, 6.45) is 1.12. The molecule has 0 spiro atoms. The molecule has 5 aromatic rings. The van der Waals surface area contributed by atoms with Gasteiger partial charge in [0.15, 0.2) is 0 Å². The van der Waals surface area contributed by atoms with E-state index >= 15 is 0 Å². The average molecular weight is 543 g/mol. The maximum Gasteiger partial charge on any atom is 0.0934 e. The van der Waals surface area contributed by atoms with Gasteiger partial charge in [0.25, 0.3) is 0 Å². The molecule has 0 atom stereocenters. The van der Waals surface area contributed by atoms with Crippen LogP contribution in [0.2, 0.25) is 5.02 Å². The Morgan fingerprint density at radius 2 is 1.23 bits per heavy atom. The van der Waals surface area contributed by atoms with Crippen molar-refractivity contribution < 1.29 is 0 Å². The molecule has 0 saturated carbocycles. The molecule has 0 fully saturated rings. The van der Waals surface area contributed by atoms with Crippen molar-refractivity contribution in [2.45, 2.75) is 46.5 Å². The zero-order valence-electron chi connectivity index (χ0n) is 23.9. The van der Waals surface area contributed by atoms with E-state index < -0.39 is 0 Å². The molecule has 0 aliphatic carbocycles. The molecule has 4 aromatic carbocycles. The van der Waals surface area contributed by atoms with E-state index in [4.69, 9.17) is 16.7 Å². The molecule has 200 valence electrons. The van der Waals surface area contributed by atoms with Crippen molar-refractivity contribution in [3.05, 3.63) is 131 Å². The monoisotopic (exact) mass is 542 g/mol. The van der Waals surface area contributed by atoms with Gasteiger partial charge >= 0.3 is 0 Å². The second-order valence-electron chi connectivity index (χ2n) is 12.2. The van der Waals surface area contributed by atoms with Crippen molar-refractivity contribution in [3.8, 4) is 40.0 Å². The summed E-state index contributed by atoms with van der Waals surface area (Å²) in [6.45, 7) is 11.6. The van der Waals surface area contributed by atoms with E-state index in [0.29, 0.717) is 5.02 Å². The van der Waals surface area contributed by atoms with E-state index in [9.17, 15) is 0 Å². The molecule has 3 heteroatoms. The van der Waals surface area contributed by atoms with Crippen molar-refractivity contribution in [3.63, 3.8) is 0 Å². The maximum absolute atomic E-state index is 5.99. The molecule has 1 aromatic heterocycles. The Labute approximate surface area is 243 Å². The van der Waals surface area contributed by atoms with E-state index in [1.807, 2.05) is 59.3 Å². The zero-order valence-corrected chi connectivity index (χ0v) is 24.6. The van der Waals surface area contributed by atoms with Crippen molar-refractivity contribution in [2.24, 2.45) is 5.41 Å². The molecule has 2 nitrogen and oxygen atoms in total. The molecule has 1 heterocycles. The maximum atomic E-state index is 5.99. The Morgan fingerprint density at radius 3 is 1.80 bits per heavy atom. The summed E-state index contributed by atoms with van der Waals surface area (Å²) in [7, 11) is 0. The fraction of sp³-hybridized carbons (Fsp3) is 0.216. The van der Waals surface area contributed by atoms with E-state index in [-0.39, 0.29) is 10.8 Å². The number of nitrogens with zero attached hydrogens (tertiary/aromatic N) is 2. The zero-order chi connectivity index (χ0) is 28.3. The summed E-state index contributed by atoms with van der Waals surface area (Å²) in [6, 6.07) is 37.4. The van der Waals surface area contributed by atoms with Crippen LogP contribution in [0, 0.1) is 17.3 Å². The van der Waals surface area contributed by atoms with Gasteiger partial charge in [0.1, 0.15) is 0 Å². The van der Waals surface area contributed by atoms with Crippen LogP contribution in [-0.4, -0.2) is 9.78 Å². The van der Waals surface area contributed by atoms with E-state index in [2.05, 4.69) is 101 Å². The number of hydrogen-bond donors (Lipinski definition) is 0. The van der Waals surface area contributed by atoms with Gasteiger partial charge in [-0.15, -0.1) is 0 Å². The lowest BCUT2D eigenvalue weighted by Gasteiger charge is -2.33. The Kier molecular flexibility index (Phi) is 7.70. The lowest BCUT2D eigenvalue weighted by atomic mass is 9.72. The summed E-state index contributed by atoms with van der Waals surface area (Å²) in [4.78, 5) is 0. The van der Waals surface area contributed by atoms with Gasteiger partial charge in [-0.2, -0.15) is 5.10 Å². The third-order valence-corrected chi connectivity index (χ3v) is 7.27. The summed E-state index contributed by atoms with van der Waals surface area (Å²) >= 11 is 5.99. The van der Waals surface area contributed by atoms with Gasteiger partial charge in [-0.1, -0.05) is 113 Å². The van der Waals surface area contributed by atoms with Gasteiger partial charge in [-0.25, -0.2) is 4.68 Å². The minimum Gasteiger partial charge on any atom is -0.232 e. The number of para-hydroxylation sites is 1. The summed E-state index contributed by atoms with van der Waals surface area (Å²) in [5.41, 5.74) is 8.82. The number of halogens is 1. The highest BCUT2D eigenvalue weighted by Gasteiger charge is 2.27. The summed E-state index contributed by atoms with van der Waals surface area (Å²) in [5.74, 6) is 6.44. The largest absolute Gasteiger partial charge is 0.232 e. The first-order chi connectivity index (χ1) is 19.1. The van der Waals surface area contributed by atoms with Gasteiger partial charge < -0.3 is 0 Å². The molecule has 40 heavy (non-hydrogen) atoms. The van der Waals surface area contributed by atoms with E-state index in [0.717, 1.165) is 45.7 Å². The minimum absolute atomic E-state index is 0.0970. The van der Waals surface area contributed by atoms with Crippen molar-refractivity contribution >= 4 is 11.6 Å². The molecule has 0 aliphatic heterocycles. The summed E-state index contributed by atoms with van der Waals surface area (Å²) in [5, 5.41) is 5.76. The molecule has 0 saturated heterocycles. The first-order valence-electron chi connectivity index (χ1n) is 13.7. The predicted molar refractivity (Wildman–Crippen MR) is 169 cm³/mol. The van der Waals surface area contributed by atoms with Gasteiger partial charge in [0.05, 0.1) is 17.1 Å². The third-order valence-electron chi connectivity index (χ3n) is 7.02. The van der Waals surface area contributed by atoms with Crippen molar-refractivity contribution in [2.75, 3.05) is 0 Å². The Balaban J connectivity index is 1.47. The standard InChI is InChI=1S/C37H35ClN2/c1-36(2,3)26-37(4,5)31-21-19-30(20-22-31)35-25-34(39-40(35)33-9-7-6-8-10-33)29-17-13-27(14-18-29)11-12-28-15-23-32(38)24-16-28/h6-10,13-25H,26H2,1-5H3. The molecular formula is C37H35ClN2. The lowest BCUT2D eigenvalue weighted by molar-refractivity contribution is 0.284. The molecular weight excluding hydrogens is 508 g/mol. The second-order valence-corrected chi connectivity index (χ2v) is 12.6. The smallest absolute Gasteiger partial charge is 0.0934 e. The van der Waals surface area contributed by atoms with Crippen LogP contribution in [0.1, 0.15) is 57.7 Å². The Bertz CT molecular complexity index is 1640. The van der Waals surface area contributed by atoms with E-state index in [1.165, 1.54) is 5.56 Å². The molecule has 0 aliphatic rings. The van der Waals surface area contributed by atoms with Gasteiger partial charge in [-0.3, -0.25) is 0 Å². The second kappa shape index (κ2) is 11.2. The molecule has 0 unspecified atom stereocenters. The van der Waals surface area contributed by atoms with Gasteiger partial charge in [0.2, 0.25) is 0 Å². The van der Waals surface area contributed by atoms with Crippen molar-refractivity contribution in [1.29, 1.82) is 0 Å². The third kappa shape index (κ3) is 6.56. The van der Waals surface area contributed by atoms with Crippen LogP contribution >= 0.6 is 11.6 Å². The normalized spacial score (nSPS) is 11.7. The van der Waals surface area contributed by atoms with E-state index in [1.54, 1.807) is 0 Å². The fourth-order valence-electron chi connectivity index (χ4n) is 5.42. The first-order valence-corrected chi connectivity index (χ1v) is 14.1. The number of rotatable bonds is 5. The van der Waals surface area contributed by atoms with Gasteiger partial charge in [-0.05, 0) is 77.4 Å². The van der Waals surface area contributed by atoms with Crippen LogP contribution in [-0.2, 0) is 5.41 Å². The number of benzene rings is 4. The van der Waals surface area contributed by atoms with Crippen LogP contribution in [0.5, 0.6) is 0 Å². The molecule has 5 rings (SSSR count). The summed E-state index contributed by atoms with van der Waals surface area (Å²) < 4.78 is 2.04. The van der Waals surface area contributed by atoms with Crippen LogP contribution in [0.3, 0.4) is 0 Å². The molecule has 0 N–H and O–H groups in total.